The first-order chi connectivity index (χ1) is 9.29. The second-order valence-electron chi connectivity index (χ2n) is 3.91. The van der Waals surface area contributed by atoms with Crippen LogP contribution in [-0.2, 0) is 6.61 Å². The second-order valence-corrected chi connectivity index (χ2v) is 3.91. The van der Waals surface area contributed by atoms with Gasteiger partial charge in [-0.1, -0.05) is 17.9 Å². The van der Waals surface area contributed by atoms with Crippen LogP contribution in [-0.4, -0.2) is 21.7 Å². The quantitative estimate of drug-likeness (QED) is 0.847. The summed E-state index contributed by atoms with van der Waals surface area (Å²) < 4.78 is 5.67. The third kappa shape index (κ3) is 3.80. The molecule has 2 aromatic rings. The molecule has 96 valence electrons. The molecule has 0 amide bonds. The molecule has 0 unspecified atom stereocenters. The first-order valence-corrected chi connectivity index (χ1v) is 5.88. The molecule has 0 bridgehead atoms. The van der Waals surface area contributed by atoms with Gasteiger partial charge in [0.15, 0.2) is 5.82 Å². The van der Waals surface area contributed by atoms with Crippen LogP contribution < -0.4 is 4.74 Å². The zero-order chi connectivity index (χ0) is 13.5. The molecule has 1 aromatic carbocycles. The highest BCUT2D eigenvalue weighted by molar-refractivity contribution is 5.48. The molecule has 0 saturated carbocycles. The Labute approximate surface area is 112 Å². The van der Waals surface area contributed by atoms with Crippen LogP contribution in [0.1, 0.15) is 17.0 Å². The van der Waals surface area contributed by atoms with Gasteiger partial charge in [-0.15, -0.1) is 0 Å². The summed E-state index contributed by atoms with van der Waals surface area (Å²) >= 11 is 0. The highest BCUT2D eigenvalue weighted by Gasteiger charge is 2.03. The highest BCUT2D eigenvalue weighted by Crippen LogP contribution is 2.19. The van der Waals surface area contributed by atoms with Crippen molar-refractivity contribution < 1.29 is 9.84 Å². The van der Waals surface area contributed by atoms with Crippen LogP contribution in [0.2, 0.25) is 0 Å². The van der Waals surface area contributed by atoms with Crippen LogP contribution in [0.3, 0.4) is 0 Å². The van der Waals surface area contributed by atoms with E-state index in [1.807, 2.05) is 25.1 Å². The number of nitrogens with zero attached hydrogens (tertiary/aromatic N) is 2. The summed E-state index contributed by atoms with van der Waals surface area (Å²) in [7, 11) is 0. The van der Waals surface area contributed by atoms with Crippen molar-refractivity contribution in [2.75, 3.05) is 6.61 Å². The van der Waals surface area contributed by atoms with Crippen molar-refractivity contribution >= 4 is 0 Å². The summed E-state index contributed by atoms with van der Waals surface area (Å²) in [5.41, 5.74) is 1.84. The van der Waals surface area contributed by atoms with Crippen LogP contribution in [0.4, 0.5) is 0 Å². The van der Waals surface area contributed by atoms with E-state index in [9.17, 15) is 0 Å². The molecule has 1 aromatic heterocycles. The molecular formula is C15H14N2O2. The third-order valence-electron chi connectivity index (χ3n) is 2.41. The van der Waals surface area contributed by atoms with E-state index in [-0.39, 0.29) is 13.2 Å². The lowest BCUT2D eigenvalue weighted by atomic mass is 10.1. The normalized spacial score (nSPS) is 9.58. The fourth-order valence-electron chi connectivity index (χ4n) is 1.55. The second kappa shape index (κ2) is 6.53. The van der Waals surface area contributed by atoms with Crippen molar-refractivity contribution in [1.29, 1.82) is 0 Å². The summed E-state index contributed by atoms with van der Waals surface area (Å²) in [6, 6.07) is 7.49. The summed E-state index contributed by atoms with van der Waals surface area (Å²) in [5.74, 6) is 6.78. The summed E-state index contributed by atoms with van der Waals surface area (Å²) in [5, 5.41) is 8.76. The molecule has 0 aliphatic heterocycles. The molecule has 2 rings (SSSR count). The molecule has 0 saturated heterocycles. The van der Waals surface area contributed by atoms with E-state index in [0.717, 1.165) is 11.1 Å². The Morgan fingerprint density at radius 2 is 2.05 bits per heavy atom. The standard InChI is InChI=1S/C15H14N2O2/c1-12-5-6-14(13(10-12)4-2-9-18)19-11-15-16-7-3-8-17-15/h3,5-8,10,18H,9,11H2,1H3. The van der Waals surface area contributed by atoms with Crippen LogP contribution in [0.15, 0.2) is 36.7 Å². The van der Waals surface area contributed by atoms with Crippen LogP contribution in [0, 0.1) is 18.8 Å². The van der Waals surface area contributed by atoms with Gasteiger partial charge in [0.25, 0.3) is 0 Å². The summed E-state index contributed by atoms with van der Waals surface area (Å²) in [6.45, 7) is 2.10. The maximum atomic E-state index is 8.76. The van der Waals surface area contributed by atoms with Crippen molar-refractivity contribution in [1.82, 2.24) is 9.97 Å². The minimum atomic E-state index is -0.171. The molecule has 19 heavy (non-hydrogen) atoms. The van der Waals surface area contributed by atoms with Crippen molar-refractivity contribution in [3.05, 3.63) is 53.6 Å². The third-order valence-corrected chi connectivity index (χ3v) is 2.41. The topological polar surface area (TPSA) is 55.2 Å². The van der Waals surface area contributed by atoms with E-state index >= 15 is 0 Å². The van der Waals surface area contributed by atoms with Crippen molar-refractivity contribution in [3.8, 4) is 17.6 Å². The average Bonchev–Trinajstić information content (AvgIpc) is 2.45. The molecule has 1 N–H and O–H groups in total. The Morgan fingerprint density at radius 3 is 2.79 bits per heavy atom. The van der Waals surface area contributed by atoms with E-state index < -0.39 is 0 Å². The largest absolute Gasteiger partial charge is 0.484 e. The Morgan fingerprint density at radius 1 is 1.26 bits per heavy atom. The Hall–Kier alpha value is -2.38. The van der Waals surface area contributed by atoms with Gasteiger partial charge in [0, 0.05) is 12.4 Å². The molecule has 0 fully saturated rings. The number of aliphatic hydroxyl groups excluding tert-OH is 1. The lowest BCUT2D eigenvalue weighted by Gasteiger charge is -2.08. The zero-order valence-corrected chi connectivity index (χ0v) is 10.6. The molecule has 1 heterocycles. The molecule has 0 aliphatic rings. The predicted molar refractivity (Wildman–Crippen MR) is 71.5 cm³/mol. The summed E-state index contributed by atoms with van der Waals surface area (Å²) in [6.07, 6.45) is 3.35. The van der Waals surface area contributed by atoms with E-state index in [0.29, 0.717) is 11.6 Å². The van der Waals surface area contributed by atoms with Gasteiger partial charge in [-0.05, 0) is 30.7 Å². The number of aromatic nitrogens is 2. The first-order valence-electron chi connectivity index (χ1n) is 5.88. The van der Waals surface area contributed by atoms with Crippen molar-refractivity contribution in [2.24, 2.45) is 0 Å². The number of hydrogen-bond donors (Lipinski definition) is 1. The molecule has 0 atom stereocenters. The molecule has 4 nitrogen and oxygen atoms in total. The fourth-order valence-corrected chi connectivity index (χ4v) is 1.55. The smallest absolute Gasteiger partial charge is 0.166 e. The minimum absolute atomic E-state index is 0.171. The van der Waals surface area contributed by atoms with Gasteiger partial charge in [-0.25, -0.2) is 9.97 Å². The zero-order valence-electron chi connectivity index (χ0n) is 10.6. The number of aryl methyl sites for hydroxylation is 1. The van der Waals surface area contributed by atoms with Crippen LogP contribution in [0.25, 0.3) is 0 Å². The Bertz CT molecular complexity index is 601. The number of rotatable bonds is 3. The number of ether oxygens (including phenoxy) is 1. The maximum absolute atomic E-state index is 8.76. The molecular weight excluding hydrogens is 240 g/mol. The lowest BCUT2D eigenvalue weighted by molar-refractivity contribution is 0.295. The Kier molecular flexibility index (Phi) is 4.49. The van der Waals surface area contributed by atoms with Gasteiger partial charge < -0.3 is 9.84 Å². The van der Waals surface area contributed by atoms with Gasteiger partial charge in [-0.3, -0.25) is 0 Å². The average molecular weight is 254 g/mol. The monoisotopic (exact) mass is 254 g/mol. The molecule has 0 spiro atoms. The fraction of sp³-hybridized carbons (Fsp3) is 0.200. The van der Waals surface area contributed by atoms with Gasteiger partial charge in [0.05, 0.1) is 5.56 Å². The minimum Gasteiger partial charge on any atom is -0.484 e. The maximum Gasteiger partial charge on any atom is 0.166 e. The Balaban J connectivity index is 2.15. The molecule has 0 aliphatic carbocycles. The SMILES string of the molecule is Cc1ccc(OCc2ncccn2)c(C#CCO)c1. The van der Waals surface area contributed by atoms with Crippen molar-refractivity contribution in [2.45, 2.75) is 13.5 Å². The first kappa shape index (κ1) is 13.1. The van der Waals surface area contributed by atoms with E-state index in [1.165, 1.54) is 0 Å². The predicted octanol–water partition coefficient (Wildman–Crippen LogP) is 1.71. The van der Waals surface area contributed by atoms with Gasteiger partial charge in [0.2, 0.25) is 0 Å². The lowest BCUT2D eigenvalue weighted by Crippen LogP contribution is -2.01. The number of hydrogen-bond acceptors (Lipinski definition) is 4. The van der Waals surface area contributed by atoms with Gasteiger partial charge in [0.1, 0.15) is 19.0 Å². The van der Waals surface area contributed by atoms with Gasteiger partial charge in [-0.2, -0.15) is 0 Å². The highest BCUT2D eigenvalue weighted by atomic mass is 16.5. The molecule has 0 radical (unpaired) electrons. The summed E-state index contributed by atoms with van der Waals surface area (Å²) in [4.78, 5) is 8.18. The van der Waals surface area contributed by atoms with Gasteiger partial charge >= 0.3 is 0 Å². The van der Waals surface area contributed by atoms with Crippen LogP contribution >= 0.6 is 0 Å². The van der Waals surface area contributed by atoms with Crippen LogP contribution in [0.5, 0.6) is 5.75 Å². The molecule has 4 heteroatoms. The van der Waals surface area contributed by atoms with E-state index in [1.54, 1.807) is 18.5 Å². The van der Waals surface area contributed by atoms with E-state index in [2.05, 4.69) is 21.8 Å². The van der Waals surface area contributed by atoms with Crippen molar-refractivity contribution in [3.63, 3.8) is 0 Å². The number of benzene rings is 1. The number of aliphatic hydroxyl groups is 1. The van der Waals surface area contributed by atoms with E-state index in [4.69, 9.17) is 9.84 Å².